The highest BCUT2D eigenvalue weighted by atomic mass is 16.5. The Kier molecular flexibility index (Phi) is 10.1. The molecule has 0 aromatic heterocycles. The molecule has 0 atom stereocenters. The van der Waals surface area contributed by atoms with Crippen molar-refractivity contribution < 1.29 is 9.47 Å². The third-order valence-electron chi connectivity index (χ3n) is 6.10. The van der Waals surface area contributed by atoms with Crippen LogP contribution in [0.25, 0.3) is 11.1 Å². The van der Waals surface area contributed by atoms with Gasteiger partial charge in [0.15, 0.2) is 0 Å². The van der Waals surface area contributed by atoms with Crippen LogP contribution < -0.4 is 9.47 Å². The number of hydrogen-bond acceptors (Lipinski definition) is 2. The summed E-state index contributed by atoms with van der Waals surface area (Å²) >= 11 is 0. The first-order valence-corrected chi connectivity index (χ1v) is 12.1. The summed E-state index contributed by atoms with van der Waals surface area (Å²) in [6, 6.07) is 17.0. The Labute approximate surface area is 184 Å². The van der Waals surface area contributed by atoms with Gasteiger partial charge in [-0.2, -0.15) is 0 Å². The minimum Gasteiger partial charge on any atom is -0.494 e. The van der Waals surface area contributed by atoms with Gasteiger partial charge in [0.2, 0.25) is 0 Å². The Morgan fingerprint density at radius 2 is 1.20 bits per heavy atom. The van der Waals surface area contributed by atoms with E-state index >= 15 is 0 Å². The molecule has 2 nitrogen and oxygen atoms in total. The molecule has 0 bridgehead atoms. The van der Waals surface area contributed by atoms with Gasteiger partial charge >= 0.3 is 0 Å². The van der Waals surface area contributed by atoms with Crippen molar-refractivity contribution in [2.24, 2.45) is 5.92 Å². The number of hydrogen-bond donors (Lipinski definition) is 0. The molecule has 0 heterocycles. The summed E-state index contributed by atoms with van der Waals surface area (Å²) in [6.07, 6.45) is 16.6. The maximum Gasteiger partial charge on any atom is 0.119 e. The molecule has 30 heavy (non-hydrogen) atoms. The molecule has 0 aliphatic heterocycles. The standard InChI is InChI=1S/C28H39O2/c1-2-3-4-5-6-7-11-22-29-27-18-14-25(15-19-27)26-16-20-28(21-17-26)30-23-24-12-9-8-10-13-24/h8,14-21,24H,2-7,9-13,22-23H2,1H3. The fourth-order valence-electron chi connectivity index (χ4n) is 4.11. The van der Waals surface area contributed by atoms with Gasteiger partial charge < -0.3 is 9.47 Å². The predicted octanol–water partition coefficient (Wildman–Crippen LogP) is 8.26. The molecule has 3 rings (SSSR count). The van der Waals surface area contributed by atoms with Gasteiger partial charge in [-0.05, 0) is 79.8 Å². The van der Waals surface area contributed by atoms with Crippen LogP contribution in [-0.4, -0.2) is 13.2 Å². The fourth-order valence-corrected chi connectivity index (χ4v) is 4.11. The first-order valence-electron chi connectivity index (χ1n) is 12.1. The van der Waals surface area contributed by atoms with Gasteiger partial charge in [-0.1, -0.05) is 69.7 Å². The summed E-state index contributed by atoms with van der Waals surface area (Å²) in [7, 11) is 0. The van der Waals surface area contributed by atoms with E-state index in [0.717, 1.165) is 31.1 Å². The van der Waals surface area contributed by atoms with Gasteiger partial charge in [0.1, 0.15) is 11.5 Å². The Bertz CT molecular complexity index is 684. The first kappa shape index (κ1) is 22.7. The van der Waals surface area contributed by atoms with Gasteiger partial charge in [0, 0.05) is 0 Å². The Morgan fingerprint density at radius 1 is 0.667 bits per heavy atom. The van der Waals surface area contributed by atoms with Crippen LogP contribution in [0.2, 0.25) is 0 Å². The van der Waals surface area contributed by atoms with Crippen molar-refractivity contribution in [1.29, 1.82) is 0 Å². The molecule has 163 valence electrons. The van der Waals surface area contributed by atoms with Crippen LogP contribution in [0.3, 0.4) is 0 Å². The quantitative estimate of drug-likeness (QED) is 0.311. The van der Waals surface area contributed by atoms with Crippen LogP contribution in [0, 0.1) is 12.3 Å². The second-order valence-electron chi connectivity index (χ2n) is 8.64. The number of rotatable bonds is 13. The van der Waals surface area contributed by atoms with Crippen LogP contribution in [0.5, 0.6) is 11.5 Å². The topological polar surface area (TPSA) is 18.5 Å². The van der Waals surface area contributed by atoms with Gasteiger partial charge in [-0.3, -0.25) is 0 Å². The zero-order valence-corrected chi connectivity index (χ0v) is 18.8. The maximum absolute atomic E-state index is 6.01. The first-order chi connectivity index (χ1) is 14.8. The lowest BCUT2D eigenvalue weighted by atomic mass is 9.90. The lowest BCUT2D eigenvalue weighted by Gasteiger charge is -2.21. The van der Waals surface area contributed by atoms with E-state index in [1.165, 1.54) is 75.3 Å². The van der Waals surface area contributed by atoms with E-state index in [2.05, 4.69) is 61.9 Å². The van der Waals surface area contributed by atoms with Gasteiger partial charge in [-0.15, -0.1) is 0 Å². The molecule has 0 amide bonds. The SMILES string of the molecule is CCCCCCCCCOc1ccc(-c2ccc(OCC3CC[CH]CC3)cc2)cc1. The highest BCUT2D eigenvalue weighted by Gasteiger charge is 2.14. The van der Waals surface area contributed by atoms with E-state index in [-0.39, 0.29) is 0 Å². The van der Waals surface area contributed by atoms with Crippen LogP contribution in [-0.2, 0) is 0 Å². The Balaban J connectivity index is 1.36. The van der Waals surface area contributed by atoms with E-state index in [0.29, 0.717) is 5.92 Å². The lowest BCUT2D eigenvalue weighted by Crippen LogP contribution is -2.15. The molecule has 0 N–H and O–H groups in total. The molecule has 0 spiro atoms. The third-order valence-corrected chi connectivity index (χ3v) is 6.10. The third kappa shape index (κ3) is 8.05. The van der Waals surface area contributed by atoms with E-state index in [4.69, 9.17) is 9.47 Å². The minimum atomic E-state index is 0.711. The molecule has 2 aromatic rings. The second-order valence-corrected chi connectivity index (χ2v) is 8.64. The number of benzene rings is 2. The van der Waals surface area contributed by atoms with Crippen LogP contribution >= 0.6 is 0 Å². The van der Waals surface area contributed by atoms with Crippen molar-refractivity contribution in [1.82, 2.24) is 0 Å². The maximum atomic E-state index is 6.01. The zero-order valence-electron chi connectivity index (χ0n) is 18.8. The summed E-state index contributed by atoms with van der Waals surface area (Å²) in [5.41, 5.74) is 2.43. The van der Waals surface area contributed by atoms with E-state index in [1.807, 2.05) is 0 Å². The number of unbranched alkanes of at least 4 members (excludes halogenated alkanes) is 6. The average Bonchev–Trinajstić information content (AvgIpc) is 2.81. The van der Waals surface area contributed by atoms with E-state index in [1.54, 1.807) is 0 Å². The highest BCUT2D eigenvalue weighted by Crippen LogP contribution is 2.27. The summed E-state index contributed by atoms with van der Waals surface area (Å²) in [6.45, 7) is 3.93. The predicted molar refractivity (Wildman–Crippen MR) is 127 cm³/mol. The van der Waals surface area contributed by atoms with Crippen LogP contribution in [0.4, 0.5) is 0 Å². The normalized spacial score (nSPS) is 14.6. The van der Waals surface area contributed by atoms with Gasteiger partial charge in [0.05, 0.1) is 13.2 Å². The van der Waals surface area contributed by atoms with E-state index < -0.39 is 0 Å². The molecular weight excluding hydrogens is 368 g/mol. The molecule has 1 aliphatic rings. The van der Waals surface area contributed by atoms with Crippen molar-refractivity contribution in [2.45, 2.75) is 77.6 Å². The summed E-state index contributed by atoms with van der Waals surface area (Å²) in [4.78, 5) is 0. The smallest absolute Gasteiger partial charge is 0.119 e. The van der Waals surface area contributed by atoms with Gasteiger partial charge in [0.25, 0.3) is 0 Å². The molecule has 1 saturated carbocycles. The Hall–Kier alpha value is -1.96. The molecule has 1 fully saturated rings. The Morgan fingerprint density at radius 3 is 1.80 bits per heavy atom. The zero-order chi connectivity index (χ0) is 20.9. The minimum absolute atomic E-state index is 0.711. The average molecular weight is 408 g/mol. The van der Waals surface area contributed by atoms with Crippen molar-refractivity contribution in [3.63, 3.8) is 0 Å². The highest BCUT2D eigenvalue weighted by molar-refractivity contribution is 5.64. The van der Waals surface area contributed by atoms with Crippen LogP contribution in [0.15, 0.2) is 48.5 Å². The molecular formula is C28H39O2. The molecule has 1 aliphatic carbocycles. The van der Waals surface area contributed by atoms with Gasteiger partial charge in [-0.25, -0.2) is 0 Å². The van der Waals surface area contributed by atoms with Crippen molar-refractivity contribution >= 4 is 0 Å². The molecule has 2 heteroatoms. The summed E-state index contributed by atoms with van der Waals surface area (Å²) in [5, 5.41) is 0. The monoisotopic (exact) mass is 407 g/mol. The largest absolute Gasteiger partial charge is 0.494 e. The summed E-state index contributed by atoms with van der Waals surface area (Å²) < 4.78 is 11.9. The molecule has 0 saturated heterocycles. The second kappa shape index (κ2) is 13.4. The van der Waals surface area contributed by atoms with Crippen LogP contribution in [0.1, 0.15) is 77.6 Å². The number of ether oxygens (including phenoxy) is 2. The lowest BCUT2D eigenvalue weighted by molar-refractivity contribution is 0.221. The molecule has 2 aromatic carbocycles. The molecule has 1 radical (unpaired) electrons. The molecule has 0 unspecified atom stereocenters. The summed E-state index contributed by atoms with van der Waals surface area (Å²) in [5.74, 6) is 2.65. The van der Waals surface area contributed by atoms with Crippen molar-refractivity contribution in [3.8, 4) is 22.6 Å². The van der Waals surface area contributed by atoms with Crippen molar-refractivity contribution in [3.05, 3.63) is 55.0 Å². The van der Waals surface area contributed by atoms with Crippen molar-refractivity contribution in [2.75, 3.05) is 13.2 Å². The fraction of sp³-hybridized carbons (Fsp3) is 0.536. The van der Waals surface area contributed by atoms with E-state index in [9.17, 15) is 0 Å².